The van der Waals surface area contributed by atoms with Gasteiger partial charge in [-0.05, 0) is 24.3 Å². The van der Waals surface area contributed by atoms with Crippen LogP contribution in [-0.2, 0) is 0 Å². The number of primary amides is 1. The molecule has 1 aliphatic heterocycles. The second-order valence-corrected chi connectivity index (χ2v) is 6.14. The molecule has 2 aromatic rings. The summed E-state index contributed by atoms with van der Waals surface area (Å²) >= 11 is 11.8. The highest BCUT2D eigenvalue weighted by Crippen LogP contribution is 2.29. The van der Waals surface area contributed by atoms with Crippen LogP contribution < -0.4 is 21.3 Å². The smallest absolute Gasteiger partial charge is 0.276 e. The Kier molecular flexibility index (Phi) is 5.03. The summed E-state index contributed by atoms with van der Waals surface area (Å²) in [5, 5.41) is 14.1. The number of rotatable bonds is 4. The van der Waals surface area contributed by atoms with E-state index in [4.69, 9.17) is 28.9 Å². The number of hydrogen-bond acceptors (Lipinski definition) is 6. The maximum atomic E-state index is 12.3. The third-order valence-corrected chi connectivity index (χ3v) is 4.36. The van der Waals surface area contributed by atoms with E-state index in [-0.39, 0.29) is 27.0 Å². The van der Waals surface area contributed by atoms with Crippen LogP contribution >= 0.6 is 23.2 Å². The summed E-state index contributed by atoms with van der Waals surface area (Å²) in [5.74, 6) is -0.606. The molecule has 1 saturated heterocycles. The summed E-state index contributed by atoms with van der Waals surface area (Å²) in [6.45, 7) is 2.38. The van der Waals surface area contributed by atoms with Crippen molar-refractivity contribution in [1.82, 2.24) is 15.5 Å². The molecule has 0 bridgehead atoms. The molecule has 2 amide bonds. The first-order valence-electron chi connectivity index (χ1n) is 7.35. The van der Waals surface area contributed by atoms with E-state index in [0.717, 1.165) is 13.1 Å². The van der Waals surface area contributed by atoms with Crippen molar-refractivity contribution in [3.63, 3.8) is 0 Å². The molecule has 1 fully saturated rings. The zero-order chi connectivity index (χ0) is 18.0. The van der Waals surface area contributed by atoms with Crippen molar-refractivity contribution < 1.29 is 9.59 Å². The molecule has 0 radical (unpaired) electrons. The van der Waals surface area contributed by atoms with Gasteiger partial charge in [-0.15, -0.1) is 10.2 Å². The Balaban J connectivity index is 1.80. The minimum absolute atomic E-state index is 0.0514. The van der Waals surface area contributed by atoms with Crippen molar-refractivity contribution >= 4 is 46.5 Å². The highest BCUT2D eigenvalue weighted by atomic mass is 35.5. The largest absolute Gasteiger partial charge is 0.366 e. The van der Waals surface area contributed by atoms with Gasteiger partial charge >= 0.3 is 0 Å². The fourth-order valence-electron chi connectivity index (χ4n) is 2.36. The van der Waals surface area contributed by atoms with Crippen LogP contribution in [0.15, 0.2) is 24.3 Å². The van der Waals surface area contributed by atoms with Crippen molar-refractivity contribution in [3.8, 4) is 0 Å². The number of nitrogens with zero attached hydrogens (tertiary/aromatic N) is 3. The van der Waals surface area contributed by atoms with Crippen LogP contribution in [0.3, 0.4) is 0 Å². The third kappa shape index (κ3) is 3.81. The number of carbonyl (C=O) groups excluding carboxylic acids is 2. The first kappa shape index (κ1) is 17.4. The number of nitrogens with two attached hydrogens (primary N) is 1. The molecule has 1 aliphatic rings. The lowest BCUT2D eigenvalue weighted by Gasteiger charge is -2.14. The van der Waals surface area contributed by atoms with E-state index in [1.165, 1.54) is 12.1 Å². The first-order valence-corrected chi connectivity index (χ1v) is 8.11. The molecule has 130 valence electrons. The second-order valence-electron chi connectivity index (χ2n) is 5.33. The Hall–Kier alpha value is -2.42. The van der Waals surface area contributed by atoms with Gasteiger partial charge in [-0.2, -0.15) is 0 Å². The van der Waals surface area contributed by atoms with Crippen LogP contribution in [0, 0.1) is 0 Å². The average Bonchev–Trinajstić information content (AvgIpc) is 3.12. The molecule has 1 aromatic carbocycles. The number of aromatic nitrogens is 2. The standard InChI is InChI=1S/C15H14Cl2N6O2/c16-9-5-8(14(18)24)12(6-10(9)17)20-15(25)11-1-2-13(22-21-11)23-4-3-19-7-23/h1-2,5-6,19H,3-4,7H2,(H2,18,24)(H,20,25). The van der Waals surface area contributed by atoms with Gasteiger partial charge in [0.1, 0.15) is 0 Å². The van der Waals surface area contributed by atoms with Gasteiger partial charge in [-0.3, -0.25) is 14.9 Å². The number of amides is 2. The van der Waals surface area contributed by atoms with E-state index in [0.29, 0.717) is 12.5 Å². The van der Waals surface area contributed by atoms with Crippen LogP contribution in [-0.4, -0.2) is 41.8 Å². The van der Waals surface area contributed by atoms with Gasteiger partial charge in [-0.1, -0.05) is 23.2 Å². The number of benzene rings is 1. The topological polar surface area (TPSA) is 113 Å². The first-order chi connectivity index (χ1) is 12.0. The number of carbonyl (C=O) groups is 2. The molecule has 8 nitrogen and oxygen atoms in total. The average molecular weight is 381 g/mol. The Morgan fingerprint density at radius 1 is 1.20 bits per heavy atom. The maximum absolute atomic E-state index is 12.3. The molecule has 0 spiro atoms. The third-order valence-electron chi connectivity index (χ3n) is 3.64. The lowest BCUT2D eigenvalue weighted by molar-refractivity contribution is 0.100. The Morgan fingerprint density at radius 3 is 2.56 bits per heavy atom. The summed E-state index contributed by atoms with van der Waals surface area (Å²) in [5.41, 5.74) is 5.61. The van der Waals surface area contributed by atoms with Gasteiger partial charge in [-0.25, -0.2) is 0 Å². The van der Waals surface area contributed by atoms with E-state index in [1.54, 1.807) is 12.1 Å². The quantitative estimate of drug-likeness (QED) is 0.740. The van der Waals surface area contributed by atoms with Crippen molar-refractivity contribution in [2.75, 3.05) is 30.0 Å². The molecule has 3 rings (SSSR count). The highest BCUT2D eigenvalue weighted by Gasteiger charge is 2.18. The monoisotopic (exact) mass is 380 g/mol. The Bertz CT molecular complexity index is 822. The van der Waals surface area contributed by atoms with Crippen molar-refractivity contribution in [2.24, 2.45) is 5.73 Å². The molecule has 1 aromatic heterocycles. The molecule has 25 heavy (non-hydrogen) atoms. The summed E-state index contributed by atoms with van der Waals surface area (Å²) in [6, 6.07) is 5.92. The van der Waals surface area contributed by atoms with Crippen LogP contribution in [0.4, 0.5) is 11.5 Å². The zero-order valence-electron chi connectivity index (χ0n) is 12.9. The van der Waals surface area contributed by atoms with Crippen molar-refractivity contribution in [2.45, 2.75) is 0 Å². The molecule has 0 atom stereocenters. The van der Waals surface area contributed by atoms with Crippen LogP contribution in [0.2, 0.25) is 10.0 Å². The van der Waals surface area contributed by atoms with E-state index in [1.807, 2.05) is 4.90 Å². The maximum Gasteiger partial charge on any atom is 0.276 e. The number of nitrogens with one attached hydrogen (secondary N) is 2. The number of anilines is 2. The van der Waals surface area contributed by atoms with Crippen LogP contribution in [0.5, 0.6) is 0 Å². The van der Waals surface area contributed by atoms with E-state index >= 15 is 0 Å². The molecule has 0 unspecified atom stereocenters. The fraction of sp³-hybridized carbons (Fsp3) is 0.200. The predicted octanol–water partition coefficient (Wildman–Crippen LogP) is 1.50. The van der Waals surface area contributed by atoms with E-state index in [9.17, 15) is 9.59 Å². The zero-order valence-corrected chi connectivity index (χ0v) is 14.4. The fourth-order valence-corrected chi connectivity index (χ4v) is 2.69. The van der Waals surface area contributed by atoms with Gasteiger partial charge < -0.3 is 16.0 Å². The normalized spacial score (nSPS) is 13.8. The van der Waals surface area contributed by atoms with E-state index < -0.39 is 11.8 Å². The van der Waals surface area contributed by atoms with E-state index in [2.05, 4.69) is 20.8 Å². The van der Waals surface area contributed by atoms with Gasteiger partial charge in [0.15, 0.2) is 11.5 Å². The summed E-state index contributed by atoms with van der Waals surface area (Å²) in [6.07, 6.45) is 0. The Morgan fingerprint density at radius 2 is 1.96 bits per heavy atom. The highest BCUT2D eigenvalue weighted by molar-refractivity contribution is 6.42. The minimum Gasteiger partial charge on any atom is -0.366 e. The number of hydrogen-bond donors (Lipinski definition) is 3. The summed E-state index contributed by atoms with van der Waals surface area (Å²) in [4.78, 5) is 25.9. The summed E-state index contributed by atoms with van der Waals surface area (Å²) in [7, 11) is 0. The van der Waals surface area contributed by atoms with Gasteiger partial charge in [0.05, 0.1) is 28.0 Å². The van der Waals surface area contributed by atoms with Crippen molar-refractivity contribution in [3.05, 3.63) is 45.6 Å². The van der Waals surface area contributed by atoms with Crippen LogP contribution in [0.1, 0.15) is 20.8 Å². The van der Waals surface area contributed by atoms with Gasteiger partial charge in [0.25, 0.3) is 11.8 Å². The number of halogens is 2. The molecule has 0 saturated carbocycles. The lowest BCUT2D eigenvalue weighted by atomic mass is 10.1. The van der Waals surface area contributed by atoms with Gasteiger partial charge in [0.2, 0.25) is 0 Å². The van der Waals surface area contributed by atoms with Gasteiger partial charge in [0, 0.05) is 13.1 Å². The SMILES string of the molecule is NC(=O)c1cc(Cl)c(Cl)cc1NC(=O)c1ccc(N2CCNC2)nn1. The minimum atomic E-state index is -0.739. The Labute approximate surface area is 153 Å². The molecule has 10 heteroatoms. The van der Waals surface area contributed by atoms with Crippen LogP contribution in [0.25, 0.3) is 0 Å². The molecule has 4 N–H and O–H groups in total. The van der Waals surface area contributed by atoms with Crippen molar-refractivity contribution in [1.29, 1.82) is 0 Å². The lowest BCUT2D eigenvalue weighted by Crippen LogP contribution is -2.23. The second kappa shape index (κ2) is 7.22. The molecular weight excluding hydrogens is 367 g/mol. The summed E-state index contributed by atoms with van der Waals surface area (Å²) < 4.78 is 0. The molecule has 2 heterocycles. The molecule has 0 aliphatic carbocycles. The predicted molar refractivity (Wildman–Crippen MR) is 95.2 cm³/mol. The molecular formula is C15H14Cl2N6O2.